The van der Waals surface area contributed by atoms with E-state index in [1.165, 1.54) is 12.8 Å². The molecule has 16 heavy (non-hydrogen) atoms. The first-order valence-corrected chi connectivity index (χ1v) is 4.77. The summed E-state index contributed by atoms with van der Waals surface area (Å²) in [4.78, 5) is 7.56. The van der Waals surface area contributed by atoms with Crippen molar-refractivity contribution in [3.63, 3.8) is 0 Å². The SMILES string of the molecule is Cc1ocnc1CN.Cc1ocnc1CO. The van der Waals surface area contributed by atoms with Gasteiger partial charge in [0.2, 0.25) is 0 Å². The molecular weight excluding hydrogens is 210 g/mol. The van der Waals surface area contributed by atoms with Gasteiger partial charge in [-0.05, 0) is 13.8 Å². The fourth-order valence-electron chi connectivity index (χ4n) is 1.00. The molecule has 0 aliphatic carbocycles. The maximum atomic E-state index is 8.48. The molecule has 6 nitrogen and oxygen atoms in total. The zero-order valence-corrected chi connectivity index (χ0v) is 9.30. The van der Waals surface area contributed by atoms with E-state index in [1.807, 2.05) is 6.92 Å². The molecule has 0 aliphatic rings. The highest BCUT2D eigenvalue weighted by molar-refractivity contribution is 5.03. The summed E-state index contributed by atoms with van der Waals surface area (Å²) in [6, 6.07) is 0. The lowest BCUT2D eigenvalue weighted by Gasteiger charge is -1.84. The number of aromatic nitrogens is 2. The van der Waals surface area contributed by atoms with E-state index in [-0.39, 0.29) is 6.61 Å². The number of nitrogens with zero attached hydrogens (tertiary/aromatic N) is 2. The molecule has 0 amide bonds. The van der Waals surface area contributed by atoms with Gasteiger partial charge in [-0.25, -0.2) is 9.97 Å². The highest BCUT2D eigenvalue weighted by atomic mass is 16.3. The molecule has 0 spiro atoms. The van der Waals surface area contributed by atoms with E-state index in [2.05, 4.69) is 9.97 Å². The third-order valence-electron chi connectivity index (χ3n) is 2.03. The van der Waals surface area contributed by atoms with E-state index in [4.69, 9.17) is 19.7 Å². The van der Waals surface area contributed by atoms with E-state index in [0.29, 0.717) is 18.0 Å². The third kappa shape index (κ3) is 3.18. The number of aliphatic hydroxyl groups is 1. The van der Waals surface area contributed by atoms with Crippen LogP contribution in [0.25, 0.3) is 0 Å². The van der Waals surface area contributed by atoms with Gasteiger partial charge >= 0.3 is 0 Å². The summed E-state index contributed by atoms with van der Waals surface area (Å²) in [5, 5.41) is 8.48. The zero-order chi connectivity index (χ0) is 12.0. The van der Waals surface area contributed by atoms with Crippen molar-refractivity contribution >= 4 is 0 Å². The fourth-order valence-corrected chi connectivity index (χ4v) is 1.00. The summed E-state index contributed by atoms with van der Waals surface area (Å²) in [6.45, 7) is 4.03. The Morgan fingerprint density at radius 3 is 1.81 bits per heavy atom. The van der Waals surface area contributed by atoms with Crippen molar-refractivity contribution in [2.45, 2.75) is 27.0 Å². The van der Waals surface area contributed by atoms with Crippen molar-refractivity contribution in [1.29, 1.82) is 0 Å². The van der Waals surface area contributed by atoms with Gasteiger partial charge in [0.25, 0.3) is 0 Å². The van der Waals surface area contributed by atoms with Gasteiger partial charge in [-0.2, -0.15) is 0 Å². The summed E-state index contributed by atoms with van der Waals surface area (Å²) in [7, 11) is 0. The second-order valence-corrected chi connectivity index (χ2v) is 3.07. The van der Waals surface area contributed by atoms with Crippen LogP contribution in [0, 0.1) is 13.8 Å². The largest absolute Gasteiger partial charge is 0.448 e. The van der Waals surface area contributed by atoms with Crippen molar-refractivity contribution in [1.82, 2.24) is 9.97 Å². The number of hydrogen-bond donors (Lipinski definition) is 2. The summed E-state index contributed by atoms with van der Waals surface area (Å²) in [5.41, 5.74) is 6.73. The van der Waals surface area contributed by atoms with Crippen LogP contribution in [0.15, 0.2) is 21.6 Å². The topological polar surface area (TPSA) is 98.3 Å². The van der Waals surface area contributed by atoms with Gasteiger partial charge in [-0.1, -0.05) is 0 Å². The molecule has 0 bridgehead atoms. The lowest BCUT2D eigenvalue weighted by Crippen LogP contribution is -1.97. The van der Waals surface area contributed by atoms with E-state index < -0.39 is 0 Å². The van der Waals surface area contributed by atoms with Crippen LogP contribution in [0.3, 0.4) is 0 Å². The number of aliphatic hydroxyl groups excluding tert-OH is 1. The molecule has 0 radical (unpaired) electrons. The predicted molar refractivity (Wildman–Crippen MR) is 56.3 cm³/mol. The van der Waals surface area contributed by atoms with Gasteiger partial charge in [0.15, 0.2) is 12.8 Å². The zero-order valence-electron chi connectivity index (χ0n) is 9.30. The molecule has 2 aromatic heterocycles. The Morgan fingerprint density at radius 2 is 1.62 bits per heavy atom. The minimum absolute atomic E-state index is 0.0394. The normalized spacial score (nSPS) is 9.75. The van der Waals surface area contributed by atoms with Gasteiger partial charge in [0, 0.05) is 6.54 Å². The Labute approximate surface area is 93.1 Å². The molecule has 0 unspecified atom stereocenters. The predicted octanol–water partition coefficient (Wildman–Crippen LogP) is 0.917. The first-order valence-electron chi connectivity index (χ1n) is 4.77. The number of hydrogen-bond acceptors (Lipinski definition) is 6. The van der Waals surface area contributed by atoms with E-state index in [9.17, 15) is 0 Å². The average molecular weight is 225 g/mol. The molecule has 88 valence electrons. The van der Waals surface area contributed by atoms with Crippen molar-refractivity contribution in [2.24, 2.45) is 5.73 Å². The minimum atomic E-state index is -0.0394. The van der Waals surface area contributed by atoms with Gasteiger partial charge in [0.05, 0.1) is 12.3 Å². The first kappa shape index (κ1) is 12.4. The lowest BCUT2D eigenvalue weighted by molar-refractivity contribution is 0.275. The molecule has 0 saturated carbocycles. The highest BCUT2D eigenvalue weighted by Gasteiger charge is 1.97. The number of nitrogens with two attached hydrogens (primary N) is 1. The van der Waals surface area contributed by atoms with Gasteiger partial charge < -0.3 is 19.7 Å². The maximum Gasteiger partial charge on any atom is 0.181 e. The van der Waals surface area contributed by atoms with Crippen molar-refractivity contribution in [3.05, 3.63) is 35.7 Å². The monoisotopic (exact) mass is 225 g/mol. The lowest BCUT2D eigenvalue weighted by atomic mass is 10.4. The van der Waals surface area contributed by atoms with E-state index >= 15 is 0 Å². The summed E-state index contributed by atoms with van der Waals surface area (Å²) >= 11 is 0. The van der Waals surface area contributed by atoms with Crippen molar-refractivity contribution < 1.29 is 13.9 Å². The molecule has 2 heterocycles. The van der Waals surface area contributed by atoms with E-state index in [0.717, 1.165) is 11.5 Å². The van der Waals surface area contributed by atoms with Crippen molar-refractivity contribution in [3.8, 4) is 0 Å². The highest BCUT2D eigenvalue weighted by Crippen LogP contribution is 2.02. The molecule has 2 aromatic rings. The Hall–Kier alpha value is -1.66. The van der Waals surface area contributed by atoms with Crippen molar-refractivity contribution in [2.75, 3.05) is 0 Å². The summed E-state index contributed by atoms with van der Waals surface area (Å²) in [6.07, 6.45) is 2.72. The first-order chi connectivity index (χ1) is 7.69. The quantitative estimate of drug-likeness (QED) is 0.788. The molecule has 0 aliphatic heterocycles. The summed E-state index contributed by atoms with van der Waals surface area (Å²) in [5.74, 6) is 1.50. The second kappa shape index (κ2) is 6.04. The van der Waals surface area contributed by atoms with Crippen LogP contribution in [-0.4, -0.2) is 15.1 Å². The number of rotatable bonds is 2. The molecule has 2 rings (SSSR count). The van der Waals surface area contributed by atoms with Gasteiger partial charge in [-0.3, -0.25) is 0 Å². The molecule has 3 N–H and O–H groups in total. The van der Waals surface area contributed by atoms with Crippen LogP contribution < -0.4 is 5.73 Å². The third-order valence-corrected chi connectivity index (χ3v) is 2.03. The van der Waals surface area contributed by atoms with E-state index in [1.54, 1.807) is 6.92 Å². The van der Waals surface area contributed by atoms with Crippen LogP contribution in [0.1, 0.15) is 22.9 Å². The van der Waals surface area contributed by atoms with Gasteiger partial charge in [0.1, 0.15) is 17.2 Å². The Morgan fingerprint density at radius 1 is 1.12 bits per heavy atom. The standard InChI is InChI=1S/C5H8N2O.C5H7NO2/c1-4-5(2-6)7-3-8-4;1-4-5(2-7)6-3-8-4/h3H,2,6H2,1H3;3,7H,2H2,1H3. The maximum absolute atomic E-state index is 8.48. The molecular formula is C10H15N3O3. The Balaban J connectivity index is 0.000000160. The van der Waals surface area contributed by atoms with Crippen LogP contribution in [0.5, 0.6) is 0 Å². The fraction of sp³-hybridized carbons (Fsp3) is 0.400. The Kier molecular flexibility index (Phi) is 4.68. The molecule has 0 atom stereocenters. The summed E-state index contributed by atoms with van der Waals surface area (Å²) < 4.78 is 9.65. The molecule has 0 saturated heterocycles. The molecule has 0 fully saturated rings. The smallest absolute Gasteiger partial charge is 0.181 e. The Bertz CT molecular complexity index is 382. The van der Waals surface area contributed by atoms with Crippen LogP contribution >= 0.6 is 0 Å². The van der Waals surface area contributed by atoms with Crippen LogP contribution in [0.2, 0.25) is 0 Å². The number of oxazole rings is 2. The second-order valence-electron chi connectivity index (χ2n) is 3.07. The van der Waals surface area contributed by atoms with Gasteiger partial charge in [-0.15, -0.1) is 0 Å². The van der Waals surface area contributed by atoms with Crippen LogP contribution in [-0.2, 0) is 13.2 Å². The minimum Gasteiger partial charge on any atom is -0.448 e. The molecule has 6 heteroatoms. The molecule has 0 aromatic carbocycles. The number of aryl methyl sites for hydroxylation is 2. The average Bonchev–Trinajstić information content (AvgIpc) is 2.87. The van der Waals surface area contributed by atoms with Crippen LogP contribution in [0.4, 0.5) is 0 Å².